The van der Waals surface area contributed by atoms with Crippen LogP contribution < -0.4 is 0 Å². The first-order valence-corrected chi connectivity index (χ1v) is 20.0. The molecule has 0 spiro atoms. The average Bonchev–Trinajstić information content (AvgIpc) is 3.15. The highest BCUT2D eigenvalue weighted by Crippen LogP contribution is 2.31. The van der Waals surface area contributed by atoms with Gasteiger partial charge in [-0.1, -0.05) is 148 Å². The van der Waals surface area contributed by atoms with Crippen LogP contribution in [0.15, 0.2) is 121 Å². The van der Waals surface area contributed by atoms with Crippen LogP contribution in [0.1, 0.15) is 43.0 Å². The summed E-state index contributed by atoms with van der Waals surface area (Å²) in [5.41, 5.74) is 8.15. The lowest BCUT2D eigenvalue weighted by molar-refractivity contribution is -0.261. The molecule has 0 radical (unpaired) electrons. The topological polar surface area (TPSA) is 46.2 Å². The van der Waals surface area contributed by atoms with E-state index in [1.165, 1.54) is 0 Å². The fourth-order valence-electron chi connectivity index (χ4n) is 6.14. The standard InChI is InChI=1S/C42H50O5Si/c1-4-48(5-2,6-3)28-27-38-40(44-30-35-21-13-8-14-22-35)42(46-32-37-25-17-10-18-26-37)41(45-31-36-23-15-9-16-24-36)39(47-38)33-43-29-34-19-11-7-12-20-34/h7-26,38-42H,4-6,29-33H2,1-3H3/t38-,39+,40+,41+,42+/m0/s1. The first-order valence-electron chi connectivity index (χ1n) is 17.4. The van der Waals surface area contributed by atoms with Crippen molar-refractivity contribution in [2.75, 3.05) is 6.61 Å². The number of rotatable bonds is 16. The van der Waals surface area contributed by atoms with Crippen molar-refractivity contribution in [2.24, 2.45) is 0 Å². The summed E-state index contributed by atoms with van der Waals surface area (Å²) >= 11 is 0. The van der Waals surface area contributed by atoms with Gasteiger partial charge in [-0.05, 0) is 40.4 Å². The van der Waals surface area contributed by atoms with Crippen molar-refractivity contribution in [3.63, 3.8) is 0 Å². The van der Waals surface area contributed by atoms with Gasteiger partial charge in [-0.2, -0.15) is 0 Å². The summed E-state index contributed by atoms with van der Waals surface area (Å²) < 4.78 is 33.7. The molecule has 0 aromatic heterocycles. The Labute approximate surface area is 288 Å². The minimum Gasteiger partial charge on any atom is -0.374 e. The Bertz CT molecular complexity index is 1510. The summed E-state index contributed by atoms with van der Waals surface area (Å²) in [7, 11) is -1.78. The van der Waals surface area contributed by atoms with Crippen molar-refractivity contribution in [3.8, 4) is 11.5 Å². The van der Waals surface area contributed by atoms with Gasteiger partial charge in [-0.15, -0.1) is 5.54 Å². The summed E-state index contributed by atoms with van der Waals surface area (Å²) in [6, 6.07) is 44.3. The summed E-state index contributed by atoms with van der Waals surface area (Å²) in [5.74, 6) is 3.64. The van der Waals surface area contributed by atoms with Crippen LogP contribution in [0.4, 0.5) is 0 Å². The van der Waals surface area contributed by atoms with Gasteiger partial charge in [-0.25, -0.2) is 0 Å². The molecule has 0 N–H and O–H groups in total. The van der Waals surface area contributed by atoms with Gasteiger partial charge in [0, 0.05) is 0 Å². The lowest BCUT2D eigenvalue weighted by Gasteiger charge is -2.45. The minimum absolute atomic E-state index is 0.334. The fraction of sp³-hybridized carbons (Fsp3) is 0.381. The quantitative estimate of drug-likeness (QED) is 0.0887. The largest absolute Gasteiger partial charge is 0.374 e. The average molecular weight is 663 g/mol. The van der Waals surface area contributed by atoms with Gasteiger partial charge in [-0.3, -0.25) is 0 Å². The van der Waals surface area contributed by atoms with Crippen LogP contribution in [0.2, 0.25) is 18.1 Å². The molecule has 1 aliphatic rings. The van der Waals surface area contributed by atoms with Crippen LogP contribution >= 0.6 is 0 Å². The summed E-state index contributed by atoms with van der Waals surface area (Å²) in [4.78, 5) is 0. The highest BCUT2D eigenvalue weighted by molar-refractivity contribution is 6.87. The van der Waals surface area contributed by atoms with Gasteiger partial charge in [0.25, 0.3) is 0 Å². The maximum atomic E-state index is 6.93. The highest BCUT2D eigenvalue weighted by atomic mass is 28.3. The Morgan fingerprint density at radius 2 is 0.917 bits per heavy atom. The fourth-order valence-corrected chi connectivity index (χ4v) is 8.62. The first-order chi connectivity index (χ1) is 23.6. The molecule has 1 heterocycles. The van der Waals surface area contributed by atoms with E-state index in [2.05, 4.69) is 80.8 Å². The molecule has 0 bridgehead atoms. The number of benzene rings is 4. The molecule has 0 saturated carbocycles. The van der Waals surface area contributed by atoms with E-state index >= 15 is 0 Å². The van der Waals surface area contributed by atoms with Crippen molar-refractivity contribution >= 4 is 8.07 Å². The molecular weight excluding hydrogens is 613 g/mol. The molecule has 252 valence electrons. The predicted molar refractivity (Wildman–Crippen MR) is 195 cm³/mol. The molecule has 0 amide bonds. The Morgan fingerprint density at radius 1 is 0.521 bits per heavy atom. The lowest BCUT2D eigenvalue weighted by Crippen LogP contribution is -2.61. The minimum atomic E-state index is -1.78. The Balaban J connectivity index is 1.50. The van der Waals surface area contributed by atoms with Crippen LogP contribution in [0.3, 0.4) is 0 Å². The van der Waals surface area contributed by atoms with Gasteiger partial charge in [0.2, 0.25) is 0 Å². The van der Waals surface area contributed by atoms with Crippen LogP contribution in [-0.4, -0.2) is 45.2 Å². The van der Waals surface area contributed by atoms with Crippen molar-refractivity contribution in [3.05, 3.63) is 144 Å². The molecular formula is C42H50O5Si. The smallest absolute Gasteiger partial charge is 0.146 e. The van der Waals surface area contributed by atoms with E-state index in [1.807, 2.05) is 72.8 Å². The van der Waals surface area contributed by atoms with Gasteiger partial charge in [0.1, 0.15) is 38.6 Å². The van der Waals surface area contributed by atoms with Gasteiger partial charge >= 0.3 is 0 Å². The summed E-state index contributed by atoms with van der Waals surface area (Å²) in [6.07, 6.45) is -2.33. The van der Waals surface area contributed by atoms with Crippen molar-refractivity contribution in [1.29, 1.82) is 0 Å². The van der Waals surface area contributed by atoms with E-state index in [0.29, 0.717) is 33.0 Å². The molecule has 6 heteroatoms. The Morgan fingerprint density at radius 3 is 1.35 bits per heavy atom. The summed E-state index contributed by atoms with van der Waals surface area (Å²) in [5, 5.41) is 0. The number of ether oxygens (including phenoxy) is 5. The van der Waals surface area contributed by atoms with E-state index in [-0.39, 0.29) is 0 Å². The van der Waals surface area contributed by atoms with E-state index in [0.717, 1.165) is 40.4 Å². The number of hydrogen-bond acceptors (Lipinski definition) is 5. The molecule has 1 saturated heterocycles. The second kappa shape index (κ2) is 18.9. The summed E-state index contributed by atoms with van der Waals surface area (Å²) in [6.45, 7) is 8.88. The van der Waals surface area contributed by atoms with E-state index < -0.39 is 38.6 Å². The lowest BCUT2D eigenvalue weighted by atomic mass is 9.94. The molecule has 5 nitrogen and oxygen atoms in total. The zero-order chi connectivity index (χ0) is 33.4. The third-order valence-corrected chi connectivity index (χ3v) is 14.1. The van der Waals surface area contributed by atoms with Gasteiger partial charge < -0.3 is 23.7 Å². The van der Waals surface area contributed by atoms with Crippen LogP contribution in [0, 0.1) is 11.5 Å². The van der Waals surface area contributed by atoms with Gasteiger partial charge in [0.05, 0.1) is 33.0 Å². The van der Waals surface area contributed by atoms with Crippen molar-refractivity contribution in [1.82, 2.24) is 0 Å². The molecule has 48 heavy (non-hydrogen) atoms. The highest BCUT2D eigenvalue weighted by Gasteiger charge is 2.48. The number of hydrogen-bond donors (Lipinski definition) is 0. The zero-order valence-corrected chi connectivity index (χ0v) is 29.6. The normalized spacial score (nSPS) is 20.9. The third-order valence-electron chi connectivity index (χ3n) is 9.39. The first kappa shape index (κ1) is 35.8. The van der Waals surface area contributed by atoms with Gasteiger partial charge in [0.15, 0.2) is 0 Å². The molecule has 0 aliphatic carbocycles. The molecule has 5 atom stereocenters. The Kier molecular flexibility index (Phi) is 14.0. The maximum Gasteiger partial charge on any atom is 0.146 e. The van der Waals surface area contributed by atoms with Crippen LogP contribution in [-0.2, 0) is 50.1 Å². The molecule has 4 aromatic rings. The predicted octanol–water partition coefficient (Wildman–Crippen LogP) is 8.78. The van der Waals surface area contributed by atoms with E-state index in [1.54, 1.807) is 0 Å². The van der Waals surface area contributed by atoms with E-state index in [4.69, 9.17) is 23.7 Å². The van der Waals surface area contributed by atoms with Crippen LogP contribution in [0.5, 0.6) is 0 Å². The molecule has 1 fully saturated rings. The van der Waals surface area contributed by atoms with Crippen LogP contribution in [0.25, 0.3) is 0 Å². The molecule has 1 aliphatic heterocycles. The molecule has 0 unspecified atom stereocenters. The Hall–Kier alpha value is -3.54. The second-order valence-electron chi connectivity index (χ2n) is 12.5. The SMILES string of the molecule is CC[Si](C#C[C@@H]1O[C@H](COCc2ccccc2)[C@@H](OCc2ccccc2)[C@H](OCc2ccccc2)[C@@H]1OCc1ccccc1)(CC)CC. The van der Waals surface area contributed by atoms with E-state index in [9.17, 15) is 0 Å². The zero-order valence-electron chi connectivity index (χ0n) is 28.6. The monoisotopic (exact) mass is 662 g/mol. The van der Waals surface area contributed by atoms with Crippen molar-refractivity contribution in [2.45, 2.75) is 95.9 Å². The second-order valence-corrected chi connectivity index (χ2v) is 17.4. The molecule has 5 rings (SSSR count). The molecule has 4 aromatic carbocycles. The third kappa shape index (κ3) is 10.2. The van der Waals surface area contributed by atoms with Crippen molar-refractivity contribution < 1.29 is 23.7 Å². The maximum absolute atomic E-state index is 6.93.